The van der Waals surface area contributed by atoms with Crippen molar-refractivity contribution in [2.24, 2.45) is 0 Å². The van der Waals surface area contributed by atoms with Gasteiger partial charge in [-0.1, -0.05) is 23.5 Å². The number of hydrogen-bond donors (Lipinski definition) is 2. The van der Waals surface area contributed by atoms with Gasteiger partial charge >= 0.3 is 0 Å². The van der Waals surface area contributed by atoms with Crippen molar-refractivity contribution < 1.29 is 0 Å². The molecule has 3 aromatic rings. The van der Waals surface area contributed by atoms with E-state index in [4.69, 9.17) is 5.73 Å². The molecule has 3 rings (SSSR count). The van der Waals surface area contributed by atoms with E-state index in [9.17, 15) is 0 Å². The summed E-state index contributed by atoms with van der Waals surface area (Å²) in [6.07, 6.45) is 1.61. The van der Waals surface area contributed by atoms with E-state index in [1.165, 1.54) is 0 Å². The van der Waals surface area contributed by atoms with E-state index in [0.717, 1.165) is 19.8 Å². The summed E-state index contributed by atoms with van der Waals surface area (Å²) in [5.41, 5.74) is 7.25. The first-order valence-electron chi connectivity index (χ1n) is 5.26. The van der Waals surface area contributed by atoms with Crippen LogP contribution in [0.25, 0.3) is 10.2 Å². The Kier molecular flexibility index (Phi) is 2.89. The third kappa shape index (κ3) is 2.16. The van der Waals surface area contributed by atoms with Crippen molar-refractivity contribution >= 4 is 54.1 Å². The lowest BCUT2D eigenvalue weighted by Gasteiger charge is -2.04. The van der Waals surface area contributed by atoms with E-state index >= 15 is 0 Å². The van der Waals surface area contributed by atoms with Gasteiger partial charge in [0.1, 0.15) is 5.82 Å². The van der Waals surface area contributed by atoms with Crippen molar-refractivity contribution in [2.45, 2.75) is 0 Å². The minimum atomic E-state index is 0.622. The van der Waals surface area contributed by atoms with Crippen LogP contribution in [0.4, 0.5) is 16.6 Å². The fourth-order valence-corrected chi connectivity index (χ4v) is 2.90. The first-order chi connectivity index (χ1) is 8.72. The SMILES string of the molecule is Nc1cnc(Nc2nc3ccccc3s2)c(Br)c1. The van der Waals surface area contributed by atoms with Gasteiger partial charge in [-0.3, -0.25) is 0 Å². The zero-order valence-corrected chi connectivity index (χ0v) is 11.6. The monoisotopic (exact) mass is 320 g/mol. The van der Waals surface area contributed by atoms with Gasteiger partial charge in [0.2, 0.25) is 0 Å². The largest absolute Gasteiger partial charge is 0.397 e. The minimum absolute atomic E-state index is 0.622. The molecule has 2 heterocycles. The molecule has 0 unspecified atom stereocenters. The van der Waals surface area contributed by atoms with Crippen LogP contribution < -0.4 is 11.1 Å². The molecule has 3 N–H and O–H groups in total. The van der Waals surface area contributed by atoms with Gasteiger partial charge in [0.15, 0.2) is 5.13 Å². The number of fused-ring (bicyclic) bond motifs is 1. The van der Waals surface area contributed by atoms with Gasteiger partial charge in [0, 0.05) is 0 Å². The third-order valence-electron chi connectivity index (χ3n) is 2.38. The molecule has 0 saturated carbocycles. The summed E-state index contributed by atoms with van der Waals surface area (Å²) in [5.74, 6) is 0.711. The zero-order chi connectivity index (χ0) is 12.5. The molecule has 0 radical (unpaired) electrons. The molecular weight excluding hydrogens is 312 g/mol. The molecule has 0 fully saturated rings. The van der Waals surface area contributed by atoms with Crippen molar-refractivity contribution in [3.8, 4) is 0 Å². The first-order valence-corrected chi connectivity index (χ1v) is 6.87. The molecular formula is C12H9BrN4S. The van der Waals surface area contributed by atoms with Gasteiger partial charge in [-0.25, -0.2) is 9.97 Å². The van der Waals surface area contributed by atoms with Gasteiger partial charge in [-0.15, -0.1) is 0 Å². The molecule has 0 spiro atoms. The van der Waals surface area contributed by atoms with Crippen LogP contribution in [0.3, 0.4) is 0 Å². The number of halogens is 1. The molecule has 0 saturated heterocycles. The fourth-order valence-electron chi connectivity index (χ4n) is 1.57. The van der Waals surface area contributed by atoms with Crippen LogP contribution in [0.5, 0.6) is 0 Å². The topological polar surface area (TPSA) is 63.8 Å². The number of pyridine rings is 1. The quantitative estimate of drug-likeness (QED) is 0.754. The number of para-hydroxylation sites is 1. The third-order valence-corrected chi connectivity index (χ3v) is 3.94. The highest BCUT2D eigenvalue weighted by Gasteiger charge is 2.06. The van der Waals surface area contributed by atoms with E-state index in [2.05, 4.69) is 31.2 Å². The maximum Gasteiger partial charge on any atom is 0.189 e. The van der Waals surface area contributed by atoms with E-state index in [1.54, 1.807) is 17.5 Å². The summed E-state index contributed by atoms with van der Waals surface area (Å²) < 4.78 is 1.97. The number of nitrogens with one attached hydrogen (secondary N) is 1. The smallest absolute Gasteiger partial charge is 0.189 e. The molecule has 0 amide bonds. The number of aromatic nitrogens is 2. The number of anilines is 3. The summed E-state index contributed by atoms with van der Waals surface area (Å²) in [6.45, 7) is 0. The van der Waals surface area contributed by atoms with Crippen LogP contribution in [-0.4, -0.2) is 9.97 Å². The number of thiazole rings is 1. The fraction of sp³-hybridized carbons (Fsp3) is 0. The van der Waals surface area contributed by atoms with E-state index in [1.807, 2.05) is 30.3 Å². The Balaban J connectivity index is 1.96. The molecule has 18 heavy (non-hydrogen) atoms. The lowest BCUT2D eigenvalue weighted by Crippen LogP contribution is -1.95. The number of hydrogen-bond acceptors (Lipinski definition) is 5. The van der Waals surface area contributed by atoms with Gasteiger partial charge in [0.25, 0.3) is 0 Å². The molecule has 6 heteroatoms. The molecule has 0 aliphatic rings. The highest BCUT2D eigenvalue weighted by atomic mass is 79.9. The maximum absolute atomic E-state index is 5.65. The molecule has 90 valence electrons. The highest BCUT2D eigenvalue weighted by molar-refractivity contribution is 9.10. The molecule has 0 aliphatic carbocycles. The number of nitrogen functional groups attached to an aromatic ring is 1. The average molecular weight is 321 g/mol. The van der Waals surface area contributed by atoms with Crippen molar-refractivity contribution in [3.05, 3.63) is 41.0 Å². The van der Waals surface area contributed by atoms with Crippen molar-refractivity contribution in [1.29, 1.82) is 0 Å². The van der Waals surface area contributed by atoms with Crippen LogP contribution in [0.15, 0.2) is 41.0 Å². The first kappa shape index (κ1) is 11.4. The van der Waals surface area contributed by atoms with Gasteiger partial charge in [0.05, 0.1) is 26.6 Å². The summed E-state index contributed by atoms with van der Waals surface area (Å²) >= 11 is 5.01. The van der Waals surface area contributed by atoms with Gasteiger partial charge in [-0.05, 0) is 34.1 Å². The van der Waals surface area contributed by atoms with Crippen LogP contribution >= 0.6 is 27.3 Å². The molecule has 0 atom stereocenters. The number of rotatable bonds is 2. The molecule has 0 aliphatic heterocycles. The lowest BCUT2D eigenvalue weighted by molar-refractivity contribution is 1.28. The molecule has 0 bridgehead atoms. The van der Waals surface area contributed by atoms with Crippen LogP contribution in [0.2, 0.25) is 0 Å². The highest BCUT2D eigenvalue weighted by Crippen LogP contribution is 2.30. The summed E-state index contributed by atoms with van der Waals surface area (Å²) in [4.78, 5) is 8.71. The Morgan fingerprint density at radius 2 is 2.11 bits per heavy atom. The normalized spacial score (nSPS) is 10.7. The molecule has 2 aromatic heterocycles. The lowest BCUT2D eigenvalue weighted by atomic mass is 10.3. The second kappa shape index (κ2) is 4.55. The predicted octanol–water partition coefficient (Wildman–Crippen LogP) is 3.78. The van der Waals surface area contributed by atoms with Crippen LogP contribution in [0.1, 0.15) is 0 Å². The Bertz CT molecular complexity index is 677. The number of benzene rings is 1. The van der Waals surface area contributed by atoms with Gasteiger partial charge < -0.3 is 11.1 Å². The minimum Gasteiger partial charge on any atom is -0.397 e. The van der Waals surface area contributed by atoms with E-state index < -0.39 is 0 Å². The summed E-state index contributed by atoms with van der Waals surface area (Å²) in [6, 6.07) is 9.82. The number of nitrogens with two attached hydrogens (primary N) is 1. The van der Waals surface area contributed by atoms with Crippen LogP contribution in [-0.2, 0) is 0 Å². The Morgan fingerprint density at radius 1 is 1.28 bits per heavy atom. The molecule has 4 nitrogen and oxygen atoms in total. The summed E-state index contributed by atoms with van der Waals surface area (Å²) in [5, 5.41) is 4.00. The summed E-state index contributed by atoms with van der Waals surface area (Å²) in [7, 11) is 0. The van der Waals surface area contributed by atoms with Crippen molar-refractivity contribution in [1.82, 2.24) is 9.97 Å². The number of nitrogens with zero attached hydrogens (tertiary/aromatic N) is 2. The second-order valence-corrected chi connectivity index (χ2v) is 5.60. The Hall–Kier alpha value is -1.66. The maximum atomic E-state index is 5.65. The second-order valence-electron chi connectivity index (χ2n) is 3.71. The van der Waals surface area contributed by atoms with Crippen molar-refractivity contribution in [2.75, 3.05) is 11.1 Å². The van der Waals surface area contributed by atoms with Crippen molar-refractivity contribution in [3.63, 3.8) is 0 Å². The van der Waals surface area contributed by atoms with E-state index in [0.29, 0.717) is 11.5 Å². The predicted molar refractivity (Wildman–Crippen MR) is 79.3 cm³/mol. The standard InChI is InChI=1S/C12H9BrN4S/c13-8-5-7(14)6-15-11(8)17-12-16-9-3-1-2-4-10(9)18-12/h1-6H,14H2,(H,15,16,17). The Morgan fingerprint density at radius 3 is 2.89 bits per heavy atom. The zero-order valence-electron chi connectivity index (χ0n) is 9.22. The average Bonchev–Trinajstić information content (AvgIpc) is 2.75. The van der Waals surface area contributed by atoms with Gasteiger partial charge in [-0.2, -0.15) is 0 Å². The van der Waals surface area contributed by atoms with Crippen LogP contribution in [0, 0.1) is 0 Å². The molecule has 1 aromatic carbocycles. The Labute approximate surface area is 116 Å². The van der Waals surface area contributed by atoms with E-state index in [-0.39, 0.29) is 0 Å².